The van der Waals surface area contributed by atoms with E-state index < -0.39 is 0 Å². The van der Waals surface area contributed by atoms with Gasteiger partial charge in [0.1, 0.15) is 0 Å². The Morgan fingerprint density at radius 1 is 1.13 bits per heavy atom. The average Bonchev–Trinajstić information content (AvgIpc) is 2.55. The van der Waals surface area contributed by atoms with Crippen LogP contribution in [0.4, 0.5) is 5.69 Å². The summed E-state index contributed by atoms with van der Waals surface area (Å²) in [7, 11) is 4.11. The van der Waals surface area contributed by atoms with Crippen LogP contribution in [0.5, 0.6) is 0 Å². The summed E-state index contributed by atoms with van der Waals surface area (Å²) in [5, 5.41) is 6.66. The number of guanidine groups is 1. The van der Waals surface area contributed by atoms with Crippen molar-refractivity contribution in [1.29, 1.82) is 0 Å². The van der Waals surface area contributed by atoms with Crippen LogP contribution in [0.1, 0.15) is 25.8 Å². The fraction of sp³-hybridized carbons (Fsp3) is 0.611. The van der Waals surface area contributed by atoms with Crippen molar-refractivity contribution in [1.82, 2.24) is 10.6 Å². The molecule has 0 aliphatic heterocycles. The second-order valence-electron chi connectivity index (χ2n) is 5.55. The second kappa shape index (κ2) is 11.8. The first-order valence-electron chi connectivity index (χ1n) is 8.53. The van der Waals surface area contributed by atoms with E-state index in [-0.39, 0.29) is 0 Å². The molecule has 1 aromatic carbocycles. The Balaban J connectivity index is 2.35. The molecule has 0 heterocycles. The van der Waals surface area contributed by atoms with Crippen molar-refractivity contribution in [2.45, 2.75) is 26.7 Å². The molecule has 5 nitrogen and oxygen atoms in total. The quantitative estimate of drug-likeness (QED) is 0.394. The zero-order valence-electron chi connectivity index (χ0n) is 15.1. The maximum absolute atomic E-state index is 5.33. The van der Waals surface area contributed by atoms with Gasteiger partial charge in [0.05, 0.1) is 0 Å². The standard InChI is InChI=1S/C18H32N4O/c1-5-19-18(20-13-7-15-23-6-2)21-14-12-16-8-10-17(11-9-16)22(3)4/h8-11H,5-7,12-15H2,1-4H3,(H2,19,20,21). The highest BCUT2D eigenvalue weighted by Gasteiger charge is 1.99. The summed E-state index contributed by atoms with van der Waals surface area (Å²) in [6.45, 7) is 8.17. The molecule has 0 aliphatic rings. The van der Waals surface area contributed by atoms with Crippen LogP contribution in [-0.2, 0) is 11.2 Å². The number of benzene rings is 1. The molecule has 1 rings (SSSR count). The molecule has 0 atom stereocenters. The van der Waals surface area contributed by atoms with E-state index in [2.05, 4.69) is 65.8 Å². The molecule has 0 spiro atoms. The SMILES string of the molecule is CCNC(=NCCCOCC)NCCc1ccc(N(C)C)cc1. The summed E-state index contributed by atoms with van der Waals surface area (Å²) in [6, 6.07) is 8.68. The van der Waals surface area contributed by atoms with Gasteiger partial charge in [-0.1, -0.05) is 12.1 Å². The lowest BCUT2D eigenvalue weighted by Crippen LogP contribution is -2.38. The maximum atomic E-state index is 5.33. The molecule has 0 radical (unpaired) electrons. The van der Waals surface area contributed by atoms with Gasteiger partial charge in [-0.2, -0.15) is 0 Å². The van der Waals surface area contributed by atoms with Gasteiger partial charge in [-0.05, 0) is 44.4 Å². The van der Waals surface area contributed by atoms with Crippen LogP contribution in [0.3, 0.4) is 0 Å². The van der Waals surface area contributed by atoms with Crippen LogP contribution in [0.2, 0.25) is 0 Å². The molecule has 0 aliphatic carbocycles. The topological polar surface area (TPSA) is 48.9 Å². The number of nitrogens with one attached hydrogen (secondary N) is 2. The smallest absolute Gasteiger partial charge is 0.191 e. The van der Waals surface area contributed by atoms with E-state index in [0.717, 1.165) is 51.6 Å². The monoisotopic (exact) mass is 320 g/mol. The summed E-state index contributed by atoms with van der Waals surface area (Å²) < 4.78 is 5.33. The number of anilines is 1. The third kappa shape index (κ3) is 8.45. The molecular weight excluding hydrogens is 288 g/mol. The van der Waals surface area contributed by atoms with Crippen LogP contribution >= 0.6 is 0 Å². The fourth-order valence-electron chi connectivity index (χ4n) is 2.13. The number of nitrogens with zero attached hydrogens (tertiary/aromatic N) is 2. The molecule has 0 aromatic heterocycles. The van der Waals surface area contributed by atoms with Crippen LogP contribution < -0.4 is 15.5 Å². The molecule has 5 heteroatoms. The minimum Gasteiger partial charge on any atom is -0.382 e. The number of rotatable bonds is 10. The highest BCUT2D eigenvalue weighted by atomic mass is 16.5. The van der Waals surface area contributed by atoms with Gasteiger partial charge >= 0.3 is 0 Å². The molecule has 0 amide bonds. The molecule has 23 heavy (non-hydrogen) atoms. The van der Waals surface area contributed by atoms with E-state index in [0.29, 0.717) is 0 Å². The Kier molecular flexibility index (Phi) is 9.87. The summed E-state index contributed by atoms with van der Waals surface area (Å²) in [6.07, 6.45) is 1.94. The second-order valence-corrected chi connectivity index (χ2v) is 5.55. The Morgan fingerprint density at radius 2 is 1.87 bits per heavy atom. The molecule has 1 aromatic rings. The van der Waals surface area contributed by atoms with E-state index in [1.54, 1.807) is 0 Å². The number of ether oxygens (including phenoxy) is 1. The first kappa shape index (κ1) is 19.3. The van der Waals surface area contributed by atoms with Gasteiger partial charge in [-0.3, -0.25) is 4.99 Å². The Hall–Kier alpha value is -1.75. The minimum atomic E-state index is 0.772. The van der Waals surface area contributed by atoms with Crippen molar-refractivity contribution in [3.63, 3.8) is 0 Å². The first-order chi connectivity index (χ1) is 11.2. The van der Waals surface area contributed by atoms with Crippen molar-refractivity contribution >= 4 is 11.6 Å². The van der Waals surface area contributed by atoms with Crippen molar-refractivity contribution < 1.29 is 4.74 Å². The minimum absolute atomic E-state index is 0.772. The number of hydrogen-bond acceptors (Lipinski definition) is 3. The van der Waals surface area contributed by atoms with E-state index in [1.807, 2.05) is 6.92 Å². The van der Waals surface area contributed by atoms with Gasteiger partial charge in [0.2, 0.25) is 0 Å². The molecule has 2 N–H and O–H groups in total. The average molecular weight is 320 g/mol. The summed E-state index contributed by atoms with van der Waals surface area (Å²) >= 11 is 0. The molecule has 0 saturated carbocycles. The van der Waals surface area contributed by atoms with E-state index in [4.69, 9.17) is 4.74 Å². The fourth-order valence-corrected chi connectivity index (χ4v) is 2.13. The summed E-state index contributed by atoms with van der Waals surface area (Å²) in [4.78, 5) is 6.67. The lowest BCUT2D eigenvalue weighted by molar-refractivity contribution is 0.146. The van der Waals surface area contributed by atoms with E-state index >= 15 is 0 Å². The van der Waals surface area contributed by atoms with Gasteiger partial charge in [-0.15, -0.1) is 0 Å². The maximum Gasteiger partial charge on any atom is 0.191 e. The van der Waals surface area contributed by atoms with Gasteiger partial charge in [0.25, 0.3) is 0 Å². The third-order valence-corrected chi connectivity index (χ3v) is 3.42. The predicted octanol–water partition coefficient (Wildman–Crippen LogP) is 2.28. The summed E-state index contributed by atoms with van der Waals surface area (Å²) in [5.41, 5.74) is 2.56. The Morgan fingerprint density at radius 3 is 2.48 bits per heavy atom. The van der Waals surface area contributed by atoms with Crippen LogP contribution in [0.25, 0.3) is 0 Å². The third-order valence-electron chi connectivity index (χ3n) is 3.42. The van der Waals surface area contributed by atoms with Gasteiger partial charge < -0.3 is 20.3 Å². The van der Waals surface area contributed by atoms with Crippen LogP contribution in [0.15, 0.2) is 29.3 Å². The Labute approximate surface area is 141 Å². The largest absolute Gasteiger partial charge is 0.382 e. The molecular formula is C18H32N4O. The molecule has 0 fully saturated rings. The normalized spacial score (nSPS) is 11.4. The highest BCUT2D eigenvalue weighted by molar-refractivity contribution is 5.79. The molecule has 130 valence electrons. The van der Waals surface area contributed by atoms with Crippen molar-refractivity contribution in [3.8, 4) is 0 Å². The lowest BCUT2D eigenvalue weighted by atomic mass is 10.1. The number of aliphatic imine (C=N–C) groups is 1. The lowest BCUT2D eigenvalue weighted by Gasteiger charge is -2.13. The first-order valence-corrected chi connectivity index (χ1v) is 8.53. The predicted molar refractivity (Wildman–Crippen MR) is 99.6 cm³/mol. The molecule has 0 bridgehead atoms. The molecule has 0 saturated heterocycles. The zero-order valence-corrected chi connectivity index (χ0v) is 15.1. The van der Waals surface area contributed by atoms with Crippen molar-refractivity contribution in [2.24, 2.45) is 4.99 Å². The highest BCUT2D eigenvalue weighted by Crippen LogP contribution is 2.12. The van der Waals surface area contributed by atoms with E-state index in [1.165, 1.54) is 11.3 Å². The van der Waals surface area contributed by atoms with Crippen LogP contribution in [-0.4, -0.2) is 52.9 Å². The van der Waals surface area contributed by atoms with Gasteiger partial charge in [-0.25, -0.2) is 0 Å². The van der Waals surface area contributed by atoms with Gasteiger partial charge in [0.15, 0.2) is 5.96 Å². The zero-order chi connectivity index (χ0) is 16.9. The number of hydrogen-bond donors (Lipinski definition) is 2. The Bertz CT molecular complexity index is 443. The van der Waals surface area contributed by atoms with Crippen molar-refractivity contribution in [2.75, 3.05) is 51.8 Å². The van der Waals surface area contributed by atoms with Crippen LogP contribution in [0, 0.1) is 0 Å². The summed E-state index contributed by atoms with van der Waals surface area (Å²) in [5.74, 6) is 0.883. The van der Waals surface area contributed by atoms with E-state index in [9.17, 15) is 0 Å². The van der Waals surface area contributed by atoms with Gasteiger partial charge in [0, 0.05) is 52.6 Å². The van der Waals surface area contributed by atoms with Crippen molar-refractivity contribution in [3.05, 3.63) is 29.8 Å². The molecule has 0 unspecified atom stereocenters.